The van der Waals surface area contributed by atoms with E-state index >= 15 is 0 Å². The number of aliphatic hydroxyl groups excluding tert-OH is 1. The fraction of sp³-hybridized carbons (Fsp3) is 0.353. The number of hydrogen-bond acceptors (Lipinski definition) is 8. The lowest BCUT2D eigenvalue weighted by molar-refractivity contribution is -0.135. The first-order valence-electron chi connectivity index (χ1n) is 14.7. The molecule has 46 heavy (non-hydrogen) atoms. The molecule has 2 aromatic carbocycles. The summed E-state index contributed by atoms with van der Waals surface area (Å²) in [5.41, 5.74) is 2.03. The summed E-state index contributed by atoms with van der Waals surface area (Å²) in [5.74, 6) is -1.31. The first-order valence-corrected chi connectivity index (χ1v) is 16.6. The van der Waals surface area contributed by atoms with Gasteiger partial charge in [-0.3, -0.25) is 24.3 Å². The number of phenols is 1. The minimum Gasteiger partial charge on any atom is -0.508 e. The van der Waals surface area contributed by atoms with Crippen molar-refractivity contribution in [3.05, 3.63) is 89.7 Å². The third-order valence-corrected chi connectivity index (χ3v) is 9.47. The van der Waals surface area contributed by atoms with Crippen LogP contribution in [0.25, 0.3) is 0 Å². The minimum absolute atomic E-state index is 0.0682. The second-order valence-corrected chi connectivity index (χ2v) is 14.5. The van der Waals surface area contributed by atoms with Crippen molar-refractivity contribution in [2.24, 2.45) is 0 Å². The predicted octanol–water partition coefficient (Wildman–Crippen LogP) is 2.14. The Bertz CT molecular complexity index is 1700. The quantitative estimate of drug-likeness (QED) is 0.299. The molecule has 11 nitrogen and oxygen atoms in total. The molecule has 2 heterocycles. The number of benzene rings is 2. The molecule has 3 N–H and O–H groups in total. The number of anilines is 1. The molecule has 3 aromatic rings. The van der Waals surface area contributed by atoms with E-state index in [4.69, 9.17) is 6.42 Å². The van der Waals surface area contributed by atoms with Crippen LogP contribution in [0.5, 0.6) is 5.75 Å². The molecular weight excluding hydrogens is 608 g/mol. The molecule has 0 spiro atoms. The van der Waals surface area contributed by atoms with E-state index in [1.165, 1.54) is 29.4 Å². The number of hydrogen-bond donors (Lipinski definition) is 3. The predicted molar refractivity (Wildman–Crippen MR) is 173 cm³/mol. The maximum atomic E-state index is 14.6. The first-order chi connectivity index (χ1) is 21.7. The molecule has 0 bridgehead atoms. The summed E-state index contributed by atoms with van der Waals surface area (Å²) in [6.45, 7) is 5.36. The van der Waals surface area contributed by atoms with Crippen molar-refractivity contribution in [3.63, 3.8) is 0 Å². The van der Waals surface area contributed by atoms with E-state index in [-0.39, 0.29) is 35.6 Å². The molecule has 12 heteroatoms. The van der Waals surface area contributed by atoms with Gasteiger partial charge in [0, 0.05) is 30.2 Å². The Morgan fingerprint density at radius 3 is 2.35 bits per heavy atom. The molecule has 3 unspecified atom stereocenters. The number of terminal acetylenes is 1. The monoisotopic (exact) mass is 646 g/mol. The second-order valence-electron chi connectivity index (χ2n) is 12.2. The topological polar surface area (TPSA) is 157 Å². The summed E-state index contributed by atoms with van der Waals surface area (Å²) in [4.78, 5) is 48.0. The van der Waals surface area contributed by atoms with Crippen LogP contribution < -0.4 is 10.2 Å². The van der Waals surface area contributed by atoms with E-state index in [9.17, 15) is 33.0 Å². The van der Waals surface area contributed by atoms with Gasteiger partial charge in [0.05, 0.1) is 24.2 Å². The first kappa shape index (κ1) is 34.1. The Morgan fingerprint density at radius 1 is 1.11 bits per heavy atom. The molecule has 1 saturated heterocycles. The zero-order valence-electron chi connectivity index (χ0n) is 26.0. The second kappa shape index (κ2) is 14.1. The number of aliphatic hydroxyl groups is 1. The van der Waals surface area contributed by atoms with Crippen molar-refractivity contribution in [1.29, 1.82) is 0 Å². The number of nitrogens with zero attached hydrogens (tertiary/aromatic N) is 3. The van der Waals surface area contributed by atoms with Gasteiger partial charge in [0.15, 0.2) is 9.84 Å². The SMILES string of the molecule is C#CC(=O)N1CCS(=O)(=O)CC1C(=O)N(c1ccc(C(C)(C)C)cc1)C(C(=O)NC(CO)Cc1ccc(O)cc1)c1cccnc1. The van der Waals surface area contributed by atoms with Gasteiger partial charge in [-0.2, -0.15) is 0 Å². The van der Waals surface area contributed by atoms with Gasteiger partial charge in [0.2, 0.25) is 5.91 Å². The van der Waals surface area contributed by atoms with Crippen LogP contribution in [-0.4, -0.2) is 83.0 Å². The summed E-state index contributed by atoms with van der Waals surface area (Å²) < 4.78 is 25.6. The van der Waals surface area contributed by atoms with Gasteiger partial charge in [-0.15, -0.1) is 6.42 Å². The van der Waals surface area contributed by atoms with Crippen LogP contribution >= 0.6 is 0 Å². The van der Waals surface area contributed by atoms with Gasteiger partial charge in [-0.25, -0.2) is 8.42 Å². The summed E-state index contributed by atoms with van der Waals surface area (Å²) in [5, 5.41) is 22.7. The molecule has 1 aliphatic rings. The van der Waals surface area contributed by atoms with Gasteiger partial charge in [-0.05, 0) is 59.2 Å². The summed E-state index contributed by atoms with van der Waals surface area (Å²) >= 11 is 0. The highest BCUT2D eigenvalue weighted by Gasteiger charge is 2.44. The molecule has 1 fully saturated rings. The number of sulfone groups is 1. The average molecular weight is 647 g/mol. The van der Waals surface area contributed by atoms with Crippen LogP contribution in [0, 0.1) is 12.3 Å². The maximum absolute atomic E-state index is 14.6. The number of aromatic nitrogens is 1. The molecular formula is C34H38N4O7S. The highest BCUT2D eigenvalue weighted by atomic mass is 32.2. The van der Waals surface area contributed by atoms with Gasteiger partial charge >= 0.3 is 0 Å². The Morgan fingerprint density at radius 2 is 1.78 bits per heavy atom. The Kier molecular flexibility index (Phi) is 10.5. The van der Waals surface area contributed by atoms with Gasteiger partial charge in [-0.1, -0.05) is 51.1 Å². The lowest BCUT2D eigenvalue weighted by Crippen LogP contribution is -2.60. The van der Waals surface area contributed by atoms with Crippen LogP contribution in [0.2, 0.25) is 0 Å². The molecule has 1 aromatic heterocycles. The average Bonchev–Trinajstić information content (AvgIpc) is 3.03. The number of rotatable bonds is 9. The number of amides is 3. The Hall–Kier alpha value is -4.73. The van der Waals surface area contributed by atoms with E-state index in [1.807, 2.05) is 38.8 Å². The van der Waals surface area contributed by atoms with Crippen molar-refractivity contribution < 1.29 is 33.0 Å². The molecule has 4 rings (SSSR count). The van der Waals surface area contributed by atoms with E-state index < -0.39 is 58.0 Å². The lowest BCUT2D eigenvalue weighted by atomic mass is 9.87. The zero-order valence-corrected chi connectivity index (χ0v) is 26.8. The smallest absolute Gasteiger partial charge is 0.298 e. The molecule has 1 aliphatic heterocycles. The van der Waals surface area contributed by atoms with E-state index in [2.05, 4.69) is 10.3 Å². The molecule has 0 saturated carbocycles. The maximum Gasteiger partial charge on any atom is 0.298 e. The van der Waals surface area contributed by atoms with Crippen LogP contribution in [0.1, 0.15) is 43.5 Å². The highest BCUT2D eigenvalue weighted by Crippen LogP contribution is 2.32. The zero-order chi connectivity index (χ0) is 33.6. The van der Waals surface area contributed by atoms with E-state index in [1.54, 1.807) is 36.4 Å². The third-order valence-electron chi connectivity index (χ3n) is 7.84. The third kappa shape index (κ3) is 8.10. The lowest BCUT2D eigenvalue weighted by Gasteiger charge is -2.39. The standard InChI is InChI=1S/C34H38N4O7S/c1-5-30(41)37-17-18-46(44,45)22-29(37)33(43)38(27-12-10-25(11-13-27)34(2,3)4)31(24-7-6-16-35-20-24)32(42)36-26(21-39)19-23-8-14-28(40)15-9-23/h1,6-16,20,26,29,31,39-40H,17-19,21-22H2,2-4H3,(H,36,42). The van der Waals surface area contributed by atoms with Crippen molar-refractivity contribution >= 4 is 33.2 Å². The highest BCUT2D eigenvalue weighted by molar-refractivity contribution is 7.91. The molecule has 3 amide bonds. The van der Waals surface area contributed by atoms with Gasteiger partial charge < -0.3 is 20.4 Å². The number of carbonyl (C=O) groups excluding carboxylic acids is 3. The van der Waals surface area contributed by atoms with Crippen molar-refractivity contribution in [2.75, 3.05) is 29.6 Å². The van der Waals surface area contributed by atoms with Crippen LogP contribution in [-0.2, 0) is 36.1 Å². The minimum atomic E-state index is -3.74. The van der Waals surface area contributed by atoms with Crippen LogP contribution in [0.4, 0.5) is 5.69 Å². The number of nitrogens with one attached hydrogen (secondary N) is 1. The van der Waals surface area contributed by atoms with Crippen LogP contribution in [0.15, 0.2) is 73.1 Å². The molecule has 3 atom stereocenters. The number of aromatic hydroxyl groups is 1. The fourth-order valence-corrected chi connectivity index (χ4v) is 6.78. The van der Waals surface area contributed by atoms with Crippen LogP contribution in [0.3, 0.4) is 0 Å². The summed E-state index contributed by atoms with van der Waals surface area (Å²) in [6.07, 6.45) is 8.53. The van der Waals surface area contributed by atoms with Gasteiger partial charge in [0.1, 0.15) is 17.8 Å². The Labute approximate surface area is 269 Å². The molecule has 0 radical (unpaired) electrons. The summed E-state index contributed by atoms with van der Waals surface area (Å²) in [7, 11) is -3.74. The van der Waals surface area contributed by atoms with Gasteiger partial charge in [0.25, 0.3) is 11.8 Å². The summed E-state index contributed by atoms with van der Waals surface area (Å²) in [6, 6.07) is 12.8. The number of phenolic OH excluding ortho intramolecular Hbond substituents is 1. The normalized spacial score (nSPS) is 17.3. The number of pyridine rings is 1. The Balaban J connectivity index is 1.83. The van der Waals surface area contributed by atoms with Crippen molar-refractivity contribution in [3.8, 4) is 18.1 Å². The van der Waals surface area contributed by atoms with Crippen molar-refractivity contribution in [2.45, 2.75) is 50.7 Å². The van der Waals surface area contributed by atoms with Crippen molar-refractivity contribution in [1.82, 2.24) is 15.2 Å². The molecule has 242 valence electrons. The largest absolute Gasteiger partial charge is 0.508 e. The van der Waals surface area contributed by atoms with E-state index in [0.29, 0.717) is 5.56 Å². The molecule has 0 aliphatic carbocycles. The fourth-order valence-electron chi connectivity index (χ4n) is 5.34. The van der Waals surface area contributed by atoms with E-state index in [0.717, 1.165) is 16.0 Å². The number of carbonyl (C=O) groups is 3.